The molecule has 17 heavy (non-hydrogen) atoms. The molecule has 1 aliphatic rings. The van der Waals surface area contributed by atoms with Gasteiger partial charge in [-0.25, -0.2) is 4.79 Å². The van der Waals surface area contributed by atoms with Crippen molar-refractivity contribution >= 4 is 23.3 Å². The summed E-state index contributed by atoms with van der Waals surface area (Å²) >= 11 is 5.23. The lowest BCUT2D eigenvalue weighted by molar-refractivity contribution is -0.139. The highest BCUT2D eigenvalue weighted by molar-refractivity contribution is 7.80. The predicted octanol–water partition coefficient (Wildman–Crippen LogP) is 1.81. The van der Waals surface area contributed by atoms with E-state index in [0.717, 1.165) is 18.5 Å². The molecule has 0 amide bonds. The van der Waals surface area contributed by atoms with Crippen molar-refractivity contribution in [3.63, 3.8) is 0 Å². The van der Waals surface area contributed by atoms with Crippen LogP contribution >= 0.6 is 12.2 Å². The molecule has 0 unspecified atom stereocenters. The normalized spacial score (nSPS) is 20.4. The molecule has 0 aromatic rings. The van der Waals surface area contributed by atoms with Gasteiger partial charge in [0.05, 0.1) is 18.2 Å². The standard InChI is InChI=1S/C12H20N2O2S/c1-5-7-9-10(11(15)16-6-2)8(3)14(4)12(17)13-9/h9H,5-7H2,1-4H3,(H,13,17)/t9-/m1/s1. The molecule has 4 nitrogen and oxygen atoms in total. The zero-order chi connectivity index (χ0) is 13.0. The van der Waals surface area contributed by atoms with Gasteiger partial charge in [-0.05, 0) is 32.5 Å². The maximum Gasteiger partial charge on any atom is 0.337 e. The van der Waals surface area contributed by atoms with Crippen LogP contribution in [0.15, 0.2) is 11.3 Å². The van der Waals surface area contributed by atoms with Gasteiger partial charge in [-0.3, -0.25) is 0 Å². The maximum atomic E-state index is 12.0. The van der Waals surface area contributed by atoms with Crippen LogP contribution in [0.25, 0.3) is 0 Å². The number of ether oxygens (including phenoxy) is 1. The second-order valence-corrected chi connectivity index (χ2v) is 4.46. The molecule has 0 aliphatic carbocycles. The molecule has 1 rings (SSSR count). The monoisotopic (exact) mass is 256 g/mol. The number of thiocarbonyl (C=S) groups is 1. The minimum Gasteiger partial charge on any atom is -0.463 e. The Morgan fingerprint density at radius 1 is 1.53 bits per heavy atom. The zero-order valence-electron chi connectivity index (χ0n) is 10.9. The van der Waals surface area contributed by atoms with Gasteiger partial charge in [-0.2, -0.15) is 0 Å². The molecule has 0 fully saturated rings. The lowest BCUT2D eigenvalue weighted by Gasteiger charge is -2.35. The summed E-state index contributed by atoms with van der Waals surface area (Å²) in [4.78, 5) is 13.8. The number of carbonyl (C=O) groups excluding carboxylic acids is 1. The quantitative estimate of drug-likeness (QED) is 0.614. The molecular weight excluding hydrogens is 236 g/mol. The molecule has 0 saturated heterocycles. The van der Waals surface area contributed by atoms with Gasteiger partial charge in [0.25, 0.3) is 0 Å². The molecule has 0 radical (unpaired) electrons. The van der Waals surface area contributed by atoms with E-state index in [-0.39, 0.29) is 12.0 Å². The molecule has 0 aromatic heterocycles. The van der Waals surface area contributed by atoms with Gasteiger partial charge in [-0.1, -0.05) is 13.3 Å². The molecule has 0 saturated carbocycles. The summed E-state index contributed by atoms with van der Waals surface area (Å²) in [6, 6.07) is -0.0252. The zero-order valence-corrected chi connectivity index (χ0v) is 11.7. The molecule has 1 aliphatic heterocycles. The third-order valence-corrected chi connectivity index (χ3v) is 3.31. The third kappa shape index (κ3) is 2.97. The van der Waals surface area contributed by atoms with E-state index in [2.05, 4.69) is 12.2 Å². The van der Waals surface area contributed by atoms with Gasteiger partial charge in [0.1, 0.15) is 0 Å². The predicted molar refractivity (Wildman–Crippen MR) is 71.5 cm³/mol. The Kier molecular flexibility index (Phi) is 4.93. The Labute approximate surface area is 108 Å². The number of nitrogens with zero attached hydrogens (tertiary/aromatic N) is 1. The van der Waals surface area contributed by atoms with Crippen molar-refractivity contribution in [2.45, 2.75) is 39.7 Å². The van der Waals surface area contributed by atoms with Crippen molar-refractivity contribution in [2.24, 2.45) is 0 Å². The van der Waals surface area contributed by atoms with Gasteiger partial charge < -0.3 is 15.0 Å². The van der Waals surface area contributed by atoms with Crippen LogP contribution < -0.4 is 5.32 Å². The first-order valence-electron chi connectivity index (χ1n) is 5.95. The van der Waals surface area contributed by atoms with Crippen molar-refractivity contribution in [1.82, 2.24) is 10.2 Å². The Balaban J connectivity index is 3.05. The number of rotatable bonds is 4. The summed E-state index contributed by atoms with van der Waals surface area (Å²) in [5.41, 5.74) is 1.58. The number of nitrogens with one attached hydrogen (secondary N) is 1. The number of esters is 1. The van der Waals surface area contributed by atoms with E-state index < -0.39 is 0 Å². The second kappa shape index (κ2) is 6.00. The molecule has 1 N–H and O–H groups in total. The van der Waals surface area contributed by atoms with E-state index >= 15 is 0 Å². The van der Waals surface area contributed by atoms with Crippen LogP contribution in [0.5, 0.6) is 0 Å². The van der Waals surface area contributed by atoms with Gasteiger partial charge in [-0.15, -0.1) is 0 Å². The first-order chi connectivity index (χ1) is 8.02. The Morgan fingerprint density at radius 2 is 2.18 bits per heavy atom. The summed E-state index contributed by atoms with van der Waals surface area (Å²) in [6.07, 6.45) is 1.86. The highest BCUT2D eigenvalue weighted by atomic mass is 32.1. The molecule has 0 bridgehead atoms. The largest absolute Gasteiger partial charge is 0.463 e. The summed E-state index contributed by atoms with van der Waals surface area (Å²) in [6.45, 7) is 6.19. The van der Waals surface area contributed by atoms with E-state index in [4.69, 9.17) is 17.0 Å². The molecule has 0 spiro atoms. The van der Waals surface area contributed by atoms with E-state index in [1.54, 1.807) is 0 Å². The molecule has 96 valence electrons. The number of carbonyl (C=O) groups is 1. The topological polar surface area (TPSA) is 41.6 Å². The van der Waals surface area contributed by atoms with Crippen LogP contribution in [0.4, 0.5) is 0 Å². The van der Waals surface area contributed by atoms with Crippen molar-refractivity contribution in [2.75, 3.05) is 13.7 Å². The van der Waals surface area contributed by atoms with Crippen molar-refractivity contribution in [1.29, 1.82) is 0 Å². The summed E-state index contributed by atoms with van der Waals surface area (Å²) in [5, 5.41) is 3.85. The van der Waals surface area contributed by atoms with Gasteiger partial charge in [0.15, 0.2) is 5.11 Å². The fourth-order valence-electron chi connectivity index (χ4n) is 1.91. The number of hydrogen-bond donors (Lipinski definition) is 1. The van der Waals surface area contributed by atoms with Crippen LogP contribution in [-0.2, 0) is 9.53 Å². The Hall–Kier alpha value is -1.10. The van der Waals surface area contributed by atoms with Crippen LogP contribution in [0.1, 0.15) is 33.6 Å². The minimum absolute atomic E-state index is 0.0252. The van der Waals surface area contributed by atoms with E-state index in [1.165, 1.54) is 0 Å². The summed E-state index contributed by atoms with van der Waals surface area (Å²) in [5.74, 6) is -0.245. The molecule has 1 atom stereocenters. The molecular formula is C12H20N2O2S. The van der Waals surface area contributed by atoms with E-state index in [9.17, 15) is 4.79 Å². The third-order valence-electron chi connectivity index (χ3n) is 2.92. The van der Waals surface area contributed by atoms with Crippen molar-refractivity contribution in [3.8, 4) is 0 Å². The number of allylic oxidation sites excluding steroid dienone is 1. The highest BCUT2D eigenvalue weighted by Gasteiger charge is 2.31. The first kappa shape index (κ1) is 14.0. The Morgan fingerprint density at radius 3 is 2.71 bits per heavy atom. The molecule has 0 aromatic carbocycles. The Bertz CT molecular complexity index is 352. The van der Waals surface area contributed by atoms with Gasteiger partial charge in [0, 0.05) is 12.7 Å². The molecule has 5 heteroatoms. The van der Waals surface area contributed by atoms with Crippen LogP contribution in [0.3, 0.4) is 0 Å². The summed E-state index contributed by atoms with van der Waals surface area (Å²) < 4.78 is 5.11. The van der Waals surface area contributed by atoms with Crippen LogP contribution in [0.2, 0.25) is 0 Å². The van der Waals surface area contributed by atoms with E-state index in [0.29, 0.717) is 17.3 Å². The summed E-state index contributed by atoms with van der Waals surface area (Å²) in [7, 11) is 1.85. The van der Waals surface area contributed by atoms with Crippen molar-refractivity contribution < 1.29 is 9.53 Å². The first-order valence-corrected chi connectivity index (χ1v) is 6.35. The highest BCUT2D eigenvalue weighted by Crippen LogP contribution is 2.22. The fourth-order valence-corrected chi connectivity index (χ4v) is 2.19. The van der Waals surface area contributed by atoms with Gasteiger partial charge in [0.2, 0.25) is 0 Å². The fraction of sp³-hybridized carbons (Fsp3) is 0.667. The lowest BCUT2D eigenvalue weighted by Crippen LogP contribution is -2.50. The van der Waals surface area contributed by atoms with Crippen LogP contribution in [-0.4, -0.2) is 35.7 Å². The minimum atomic E-state index is -0.245. The lowest BCUT2D eigenvalue weighted by atomic mass is 9.98. The van der Waals surface area contributed by atoms with E-state index in [1.807, 2.05) is 25.8 Å². The average molecular weight is 256 g/mol. The average Bonchev–Trinajstić information content (AvgIpc) is 2.27. The maximum absolute atomic E-state index is 12.0. The number of hydrogen-bond acceptors (Lipinski definition) is 3. The smallest absolute Gasteiger partial charge is 0.337 e. The van der Waals surface area contributed by atoms with Gasteiger partial charge >= 0.3 is 5.97 Å². The molecule has 1 heterocycles. The van der Waals surface area contributed by atoms with Crippen LogP contribution in [0, 0.1) is 0 Å². The van der Waals surface area contributed by atoms with Crippen molar-refractivity contribution in [3.05, 3.63) is 11.3 Å². The SMILES string of the molecule is CCC[C@H]1NC(=S)N(C)C(C)=C1C(=O)OCC. The second-order valence-electron chi connectivity index (χ2n) is 4.07.